The Morgan fingerprint density at radius 3 is 2.85 bits per heavy atom. The van der Waals surface area contributed by atoms with Crippen LogP contribution in [0.4, 0.5) is 4.39 Å². The maximum absolute atomic E-state index is 13.1. The van der Waals surface area contributed by atoms with Crippen LogP contribution >= 0.6 is 22.6 Å². The highest BCUT2D eigenvalue weighted by Crippen LogP contribution is 2.16. The van der Waals surface area contributed by atoms with Crippen molar-refractivity contribution in [2.45, 2.75) is 6.04 Å². The monoisotopic (exact) mass is 295 g/mol. The van der Waals surface area contributed by atoms with Crippen LogP contribution in [0.1, 0.15) is 11.6 Å². The highest BCUT2D eigenvalue weighted by molar-refractivity contribution is 14.1. The maximum atomic E-state index is 13.1. The molecule has 0 aliphatic heterocycles. The Morgan fingerprint density at radius 2 is 2.31 bits per heavy atom. The average molecular weight is 295 g/mol. The minimum Gasteiger partial charge on any atom is -0.383 e. The lowest BCUT2D eigenvalue weighted by Gasteiger charge is -2.10. The van der Waals surface area contributed by atoms with Crippen molar-refractivity contribution in [2.24, 2.45) is 5.73 Å². The summed E-state index contributed by atoms with van der Waals surface area (Å²) in [6.45, 7) is 0.403. The van der Waals surface area contributed by atoms with Crippen LogP contribution in [0.15, 0.2) is 18.2 Å². The zero-order valence-electron chi connectivity index (χ0n) is 7.26. The van der Waals surface area contributed by atoms with Crippen LogP contribution in [0.2, 0.25) is 0 Å². The zero-order valence-corrected chi connectivity index (χ0v) is 9.42. The molecule has 0 saturated heterocycles. The first kappa shape index (κ1) is 10.9. The highest BCUT2D eigenvalue weighted by atomic mass is 127. The fourth-order valence-electron chi connectivity index (χ4n) is 1.02. The van der Waals surface area contributed by atoms with Crippen LogP contribution in [-0.4, -0.2) is 13.7 Å². The highest BCUT2D eigenvalue weighted by Gasteiger charge is 2.07. The molecule has 1 atom stereocenters. The lowest BCUT2D eigenvalue weighted by atomic mass is 10.1. The molecule has 0 bridgehead atoms. The number of hydrogen-bond donors (Lipinski definition) is 1. The molecule has 0 amide bonds. The Bertz CT molecular complexity index is 293. The van der Waals surface area contributed by atoms with Gasteiger partial charge in [-0.3, -0.25) is 0 Å². The van der Waals surface area contributed by atoms with E-state index in [9.17, 15) is 4.39 Å². The lowest BCUT2D eigenvalue weighted by Crippen LogP contribution is -2.16. The van der Waals surface area contributed by atoms with E-state index in [0.717, 1.165) is 5.56 Å². The van der Waals surface area contributed by atoms with Gasteiger partial charge in [0.05, 0.1) is 12.6 Å². The number of nitrogens with two attached hydrogens (primary N) is 1. The van der Waals surface area contributed by atoms with Gasteiger partial charge in [-0.05, 0) is 40.3 Å². The van der Waals surface area contributed by atoms with Crippen molar-refractivity contribution in [1.29, 1.82) is 0 Å². The summed E-state index contributed by atoms with van der Waals surface area (Å²) < 4.78 is 18.6. The first-order valence-electron chi connectivity index (χ1n) is 3.84. The van der Waals surface area contributed by atoms with E-state index in [2.05, 4.69) is 0 Å². The number of ether oxygens (including phenoxy) is 1. The minimum absolute atomic E-state index is 0.232. The predicted molar refractivity (Wildman–Crippen MR) is 57.9 cm³/mol. The van der Waals surface area contributed by atoms with Gasteiger partial charge in [-0.2, -0.15) is 0 Å². The zero-order chi connectivity index (χ0) is 9.84. The summed E-state index contributed by atoms with van der Waals surface area (Å²) >= 11 is 1.94. The molecule has 0 aliphatic rings. The summed E-state index contributed by atoms with van der Waals surface area (Å²) in [5, 5.41) is 0. The van der Waals surface area contributed by atoms with Crippen molar-refractivity contribution in [3.05, 3.63) is 33.1 Å². The fraction of sp³-hybridized carbons (Fsp3) is 0.333. The van der Waals surface area contributed by atoms with E-state index in [4.69, 9.17) is 10.5 Å². The third-order valence-corrected chi connectivity index (χ3v) is 2.59. The first-order chi connectivity index (χ1) is 6.15. The van der Waals surface area contributed by atoms with Crippen LogP contribution in [0, 0.1) is 9.39 Å². The van der Waals surface area contributed by atoms with E-state index in [1.807, 2.05) is 28.7 Å². The Labute approximate surface area is 90.4 Å². The summed E-state index contributed by atoms with van der Waals surface area (Å²) in [4.78, 5) is 0. The van der Waals surface area contributed by atoms with E-state index >= 15 is 0 Å². The van der Waals surface area contributed by atoms with Crippen molar-refractivity contribution >= 4 is 22.6 Å². The second-order valence-electron chi connectivity index (χ2n) is 2.74. The lowest BCUT2D eigenvalue weighted by molar-refractivity contribution is 0.181. The van der Waals surface area contributed by atoms with E-state index in [-0.39, 0.29) is 11.9 Å². The van der Waals surface area contributed by atoms with Gasteiger partial charge in [0.2, 0.25) is 0 Å². The summed E-state index contributed by atoms with van der Waals surface area (Å²) in [6, 6.07) is 4.72. The smallest absolute Gasteiger partial charge is 0.136 e. The molecule has 0 radical (unpaired) electrons. The van der Waals surface area contributed by atoms with Gasteiger partial charge in [-0.25, -0.2) is 4.39 Å². The van der Waals surface area contributed by atoms with Gasteiger partial charge in [0.1, 0.15) is 5.82 Å². The molecule has 1 rings (SSSR count). The van der Waals surface area contributed by atoms with E-state index < -0.39 is 0 Å². The number of hydrogen-bond acceptors (Lipinski definition) is 2. The molecule has 1 aromatic carbocycles. The Hall–Kier alpha value is -0.200. The predicted octanol–water partition coefficient (Wildman–Crippen LogP) is 2.08. The Kier molecular flexibility index (Phi) is 4.08. The molecule has 13 heavy (non-hydrogen) atoms. The summed E-state index contributed by atoms with van der Waals surface area (Å²) in [7, 11) is 1.57. The molecule has 0 aliphatic carbocycles. The largest absolute Gasteiger partial charge is 0.383 e. The second kappa shape index (κ2) is 4.88. The van der Waals surface area contributed by atoms with Crippen molar-refractivity contribution in [3.8, 4) is 0 Å². The molecule has 4 heteroatoms. The van der Waals surface area contributed by atoms with Gasteiger partial charge in [-0.1, -0.05) is 6.07 Å². The van der Waals surface area contributed by atoms with Gasteiger partial charge in [0, 0.05) is 10.7 Å². The molecule has 0 saturated carbocycles. The van der Waals surface area contributed by atoms with Crippen molar-refractivity contribution in [1.82, 2.24) is 0 Å². The average Bonchev–Trinajstić information content (AvgIpc) is 2.10. The molecular formula is C9H11FINO. The summed E-state index contributed by atoms with van der Waals surface area (Å²) in [6.07, 6.45) is 0. The molecule has 1 aromatic rings. The van der Waals surface area contributed by atoms with E-state index in [0.29, 0.717) is 10.2 Å². The normalized spacial score (nSPS) is 12.9. The summed E-state index contributed by atoms with van der Waals surface area (Å²) in [5.74, 6) is -0.232. The molecule has 0 fully saturated rings. The topological polar surface area (TPSA) is 35.2 Å². The molecule has 0 aromatic heterocycles. The van der Waals surface area contributed by atoms with Gasteiger partial charge >= 0.3 is 0 Å². The van der Waals surface area contributed by atoms with Gasteiger partial charge in [0.15, 0.2) is 0 Å². The van der Waals surface area contributed by atoms with Crippen molar-refractivity contribution in [2.75, 3.05) is 13.7 Å². The number of halogens is 2. The molecule has 2 nitrogen and oxygen atoms in total. The molecular weight excluding hydrogens is 284 g/mol. The third kappa shape index (κ3) is 2.89. The van der Waals surface area contributed by atoms with Crippen LogP contribution < -0.4 is 5.73 Å². The molecule has 0 unspecified atom stereocenters. The minimum atomic E-state index is -0.253. The van der Waals surface area contributed by atoms with E-state index in [1.54, 1.807) is 13.2 Å². The SMILES string of the molecule is COC[C@H](N)c1ccc(I)c(F)c1. The maximum Gasteiger partial charge on any atom is 0.136 e. The fourth-order valence-corrected chi connectivity index (χ4v) is 1.35. The Balaban J connectivity index is 2.84. The van der Waals surface area contributed by atoms with E-state index in [1.165, 1.54) is 6.07 Å². The third-order valence-electron chi connectivity index (χ3n) is 1.72. The van der Waals surface area contributed by atoms with Crippen LogP contribution in [0.25, 0.3) is 0 Å². The van der Waals surface area contributed by atoms with Gasteiger partial charge in [-0.15, -0.1) is 0 Å². The second-order valence-corrected chi connectivity index (χ2v) is 3.90. The molecule has 0 spiro atoms. The molecule has 72 valence electrons. The summed E-state index contributed by atoms with van der Waals surface area (Å²) in [5.41, 5.74) is 6.49. The molecule has 0 heterocycles. The standard InChI is InChI=1S/C9H11FINO/c1-13-5-9(12)6-2-3-8(11)7(10)4-6/h2-4,9H,5,12H2,1H3/t9-/m0/s1. The number of benzene rings is 1. The molecule has 2 N–H and O–H groups in total. The van der Waals surface area contributed by atoms with Crippen molar-refractivity contribution in [3.63, 3.8) is 0 Å². The quantitative estimate of drug-likeness (QED) is 0.867. The van der Waals surface area contributed by atoms with Crippen LogP contribution in [-0.2, 0) is 4.74 Å². The van der Waals surface area contributed by atoms with Gasteiger partial charge < -0.3 is 10.5 Å². The van der Waals surface area contributed by atoms with Crippen LogP contribution in [0.3, 0.4) is 0 Å². The van der Waals surface area contributed by atoms with Crippen LogP contribution in [0.5, 0.6) is 0 Å². The van der Waals surface area contributed by atoms with Gasteiger partial charge in [0.25, 0.3) is 0 Å². The first-order valence-corrected chi connectivity index (χ1v) is 4.92. The number of methoxy groups -OCH3 is 1. The van der Waals surface area contributed by atoms with Crippen molar-refractivity contribution < 1.29 is 9.13 Å². The Morgan fingerprint density at radius 1 is 1.62 bits per heavy atom. The number of rotatable bonds is 3.